The molecule has 7 heteroatoms. The molecule has 0 radical (unpaired) electrons. The molecule has 1 amide bonds. The standard InChI is InChI=1S/C28H40N2O5/c1-4-8-21-17-27(32)35-28-20(2)25(12-11-23(21)28)34-19-26(31)30(15-16-33-3)18-22-9-7-14-29-13-6-5-10-24(22)29/h11-12,17,22,24H,4-10,13-16,18-19H2,1-3H3. The summed E-state index contributed by atoms with van der Waals surface area (Å²) in [4.78, 5) is 29.9. The minimum absolute atomic E-state index is 0.0318. The molecule has 3 heterocycles. The van der Waals surface area contributed by atoms with Crippen molar-refractivity contribution in [1.29, 1.82) is 0 Å². The topological polar surface area (TPSA) is 72.2 Å². The van der Waals surface area contributed by atoms with Crippen LogP contribution >= 0.6 is 0 Å². The predicted molar refractivity (Wildman–Crippen MR) is 137 cm³/mol. The molecule has 2 fully saturated rings. The minimum Gasteiger partial charge on any atom is -0.483 e. The summed E-state index contributed by atoms with van der Waals surface area (Å²) in [6.45, 7) is 8.12. The second-order valence-corrected chi connectivity index (χ2v) is 10.0. The lowest BCUT2D eigenvalue weighted by atomic mass is 9.83. The molecule has 192 valence electrons. The van der Waals surface area contributed by atoms with Gasteiger partial charge in [0, 0.05) is 43.3 Å². The van der Waals surface area contributed by atoms with Gasteiger partial charge in [-0.3, -0.25) is 4.79 Å². The van der Waals surface area contributed by atoms with Crippen LogP contribution in [0.4, 0.5) is 0 Å². The van der Waals surface area contributed by atoms with E-state index in [1.165, 1.54) is 45.2 Å². The first-order chi connectivity index (χ1) is 17.0. The molecule has 35 heavy (non-hydrogen) atoms. The summed E-state index contributed by atoms with van der Waals surface area (Å²) < 4.78 is 16.8. The first kappa shape index (κ1) is 25.7. The number of carbonyl (C=O) groups is 1. The molecule has 0 aliphatic carbocycles. The smallest absolute Gasteiger partial charge is 0.336 e. The fraction of sp³-hybridized carbons (Fsp3) is 0.643. The van der Waals surface area contributed by atoms with Gasteiger partial charge in [-0.05, 0) is 75.7 Å². The third-order valence-corrected chi connectivity index (χ3v) is 7.67. The number of methoxy groups -OCH3 is 1. The summed E-state index contributed by atoms with van der Waals surface area (Å²) in [6.07, 6.45) is 7.93. The number of piperidine rings is 2. The number of carbonyl (C=O) groups excluding carboxylic acids is 1. The Bertz CT molecular complexity index is 1060. The first-order valence-corrected chi connectivity index (χ1v) is 13.2. The molecule has 4 rings (SSSR count). The summed E-state index contributed by atoms with van der Waals surface area (Å²) in [5.41, 5.74) is 1.92. The SMILES string of the molecule is CCCc1cc(=O)oc2c(C)c(OCC(=O)N(CCOC)CC3CCCN4CCCCC34)ccc12. The molecule has 7 nitrogen and oxygen atoms in total. The number of fused-ring (bicyclic) bond motifs is 2. The molecule has 0 saturated carbocycles. The van der Waals surface area contributed by atoms with E-state index in [-0.39, 0.29) is 18.1 Å². The number of hydrogen-bond donors (Lipinski definition) is 0. The Morgan fingerprint density at radius 2 is 2.03 bits per heavy atom. The predicted octanol–water partition coefficient (Wildman–Crippen LogP) is 4.17. The first-order valence-electron chi connectivity index (χ1n) is 13.2. The van der Waals surface area contributed by atoms with Gasteiger partial charge in [0.05, 0.1) is 6.61 Å². The Morgan fingerprint density at radius 3 is 2.83 bits per heavy atom. The van der Waals surface area contributed by atoms with Crippen LogP contribution in [0, 0.1) is 12.8 Å². The summed E-state index contributed by atoms with van der Waals surface area (Å²) in [5, 5.41) is 0.929. The fourth-order valence-corrected chi connectivity index (χ4v) is 5.86. The molecular formula is C28H40N2O5. The zero-order valence-corrected chi connectivity index (χ0v) is 21.5. The van der Waals surface area contributed by atoms with Crippen molar-refractivity contribution in [3.63, 3.8) is 0 Å². The van der Waals surface area contributed by atoms with E-state index >= 15 is 0 Å². The summed E-state index contributed by atoms with van der Waals surface area (Å²) in [5.74, 6) is 1.04. The minimum atomic E-state index is -0.354. The van der Waals surface area contributed by atoms with Crippen molar-refractivity contribution in [1.82, 2.24) is 9.80 Å². The second-order valence-electron chi connectivity index (χ2n) is 10.0. The molecule has 2 unspecified atom stereocenters. The van der Waals surface area contributed by atoms with Gasteiger partial charge in [0.1, 0.15) is 11.3 Å². The lowest BCUT2D eigenvalue weighted by Crippen LogP contribution is -2.52. The van der Waals surface area contributed by atoms with E-state index in [0.29, 0.717) is 36.4 Å². The average molecular weight is 485 g/mol. The van der Waals surface area contributed by atoms with Crippen LogP contribution in [0.1, 0.15) is 56.6 Å². The zero-order chi connectivity index (χ0) is 24.8. The lowest BCUT2D eigenvalue weighted by Gasteiger charge is -2.45. The number of rotatable bonds is 10. The van der Waals surface area contributed by atoms with Gasteiger partial charge in [-0.1, -0.05) is 19.8 Å². The highest BCUT2D eigenvalue weighted by atomic mass is 16.5. The fourth-order valence-electron chi connectivity index (χ4n) is 5.86. The highest BCUT2D eigenvalue weighted by molar-refractivity contribution is 5.85. The van der Waals surface area contributed by atoms with Gasteiger partial charge in [-0.2, -0.15) is 0 Å². The molecule has 2 aromatic rings. The summed E-state index contributed by atoms with van der Waals surface area (Å²) in [7, 11) is 1.67. The second kappa shape index (κ2) is 12.0. The average Bonchev–Trinajstić information content (AvgIpc) is 2.86. The van der Waals surface area contributed by atoms with Crippen molar-refractivity contribution >= 4 is 16.9 Å². The number of amides is 1. The van der Waals surface area contributed by atoms with E-state index in [4.69, 9.17) is 13.9 Å². The van der Waals surface area contributed by atoms with Crippen molar-refractivity contribution in [3.05, 3.63) is 39.7 Å². The number of benzene rings is 1. The Morgan fingerprint density at radius 1 is 1.20 bits per heavy atom. The van der Waals surface area contributed by atoms with Crippen molar-refractivity contribution in [3.8, 4) is 5.75 Å². The van der Waals surface area contributed by atoms with Crippen LogP contribution in [-0.4, -0.2) is 68.3 Å². The number of hydrogen-bond acceptors (Lipinski definition) is 6. The van der Waals surface area contributed by atoms with Gasteiger partial charge >= 0.3 is 5.63 Å². The van der Waals surface area contributed by atoms with E-state index in [2.05, 4.69) is 11.8 Å². The van der Waals surface area contributed by atoms with Gasteiger partial charge in [-0.15, -0.1) is 0 Å². The quantitative estimate of drug-likeness (QED) is 0.472. The lowest BCUT2D eigenvalue weighted by molar-refractivity contribution is -0.135. The van der Waals surface area contributed by atoms with Gasteiger partial charge in [-0.25, -0.2) is 4.79 Å². The van der Waals surface area contributed by atoms with Crippen LogP contribution in [0.2, 0.25) is 0 Å². The number of aryl methyl sites for hydroxylation is 2. The van der Waals surface area contributed by atoms with E-state index in [0.717, 1.165) is 35.9 Å². The van der Waals surface area contributed by atoms with Crippen LogP contribution in [0.5, 0.6) is 5.75 Å². The van der Waals surface area contributed by atoms with Crippen LogP contribution in [0.3, 0.4) is 0 Å². The molecule has 0 bridgehead atoms. The number of nitrogens with zero attached hydrogens (tertiary/aromatic N) is 2. The van der Waals surface area contributed by atoms with E-state index in [9.17, 15) is 9.59 Å². The van der Waals surface area contributed by atoms with E-state index < -0.39 is 0 Å². The van der Waals surface area contributed by atoms with Crippen molar-refractivity contribution in [2.45, 2.75) is 64.8 Å². The Balaban J connectivity index is 1.46. The van der Waals surface area contributed by atoms with Crippen LogP contribution in [0.25, 0.3) is 11.0 Å². The highest BCUT2D eigenvalue weighted by Crippen LogP contribution is 2.32. The summed E-state index contributed by atoms with van der Waals surface area (Å²) >= 11 is 0. The third-order valence-electron chi connectivity index (χ3n) is 7.67. The molecule has 1 aromatic carbocycles. The largest absolute Gasteiger partial charge is 0.483 e. The van der Waals surface area contributed by atoms with E-state index in [1.54, 1.807) is 13.2 Å². The Labute approximate surface area is 208 Å². The molecule has 0 N–H and O–H groups in total. The molecule has 2 aliphatic heterocycles. The van der Waals surface area contributed by atoms with Crippen molar-refractivity contribution in [2.24, 2.45) is 5.92 Å². The maximum atomic E-state index is 13.3. The molecule has 1 aromatic heterocycles. The van der Waals surface area contributed by atoms with Gasteiger partial charge in [0.2, 0.25) is 0 Å². The van der Waals surface area contributed by atoms with Crippen LogP contribution in [-0.2, 0) is 16.0 Å². The van der Waals surface area contributed by atoms with Gasteiger partial charge < -0.3 is 23.7 Å². The van der Waals surface area contributed by atoms with Gasteiger partial charge in [0.15, 0.2) is 6.61 Å². The summed E-state index contributed by atoms with van der Waals surface area (Å²) in [6, 6.07) is 5.96. The van der Waals surface area contributed by atoms with Crippen LogP contribution < -0.4 is 10.4 Å². The van der Waals surface area contributed by atoms with Crippen LogP contribution in [0.15, 0.2) is 27.4 Å². The Kier molecular flexibility index (Phi) is 8.84. The van der Waals surface area contributed by atoms with E-state index in [1.807, 2.05) is 24.0 Å². The molecule has 2 aliphatic rings. The molecule has 2 atom stereocenters. The molecular weight excluding hydrogens is 444 g/mol. The third kappa shape index (κ3) is 6.07. The Hall–Kier alpha value is -2.38. The number of ether oxygens (including phenoxy) is 2. The van der Waals surface area contributed by atoms with Crippen molar-refractivity contribution in [2.75, 3.05) is 46.5 Å². The van der Waals surface area contributed by atoms with Crippen molar-refractivity contribution < 1.29 is 18.7 Å². The van der Waals surface area contributed by atoms with Gasteiger partial charge in [0.25, 0.3) is 5.91 Å². The molecule has 0 spiro atoms. The maximum absolute atomic E-state index is 13.3. The monoisotopic (exact) mass is 484 g/mol. The highest BCUT2D eigenvalue weighted by Gasteiger charge is 2.34. The maximum Gasteiger partial charge on any atom is 0.336 e. The zero-order valence-electron chi connectivity index (χ0n) is 21.5. The molecule has 2 saturated heterocycles. The normalized spacial score (nSPS) is 20.5.